The highest BCUT2D eigenvalue weighted by atomic mass is 16.3. The molecule has 0 saturated heterocycles. The van der Waals surface area contributed by atoms with Crippen LogP contribution in [0.3, 0.4) is 0 Å². The minimum Gasteiger partial charge on any atom is -0.394 e. The molecule has 1 amide bonds. The molecule has 328 valence electrons. The van der Waals surface area contributed by atoms with Crippen LogP contribution >= 0.6 is 0 Å². The Hall–Kier alpha value is -3.21. The Bertz CT molecular complexity index is 1180. The van der Waals surface area contributed by atoms with Crippen molar-refractivity contribution in [1.82, 2.24) is 5.32 Å². The molecule has 0 bridgehead atoms. The molecule has 0 aliphatic heterocycles. The molecule has 4 heteroatoms. The van der Waals surface area contributed by atoms with E-state index in [-0.39, 0.29) is 12.5 Å². The quantitative estimate of drug-likeness (QED) is 0.0426. The number of hydrogen-bond donors (Lipinski definition) is 3. The van der Waals surface area contributed by atoms with Gasteiger partial charge in [0.05, 0.1) is 18.8 Å². The van der Waals surface area contributed by atoms with Crippen molar-refractivity contribution < 1.29 is 15.0 Å². The molecule has 2 unspecified atom stereocenters. The van der Waals surface area contributed by atoms with Crippen molar-refractivity contribution in [2.45, 2.75) is 206 Å². The van der Waals surface area contributed by atoms with E-state index < -0.39 is 12.1 Å². The van der Waals surface area contributed by atoms with Crippen molar-refractivity contribution in [3.63, 3.8) is 0 Å². The molecule has 0 aliphatic rings. The van der Waals surface area contributed by atoms with Gasteiger partial charge in [0.1, 0.15) is 0 Å². The van der Waals surface area contributed by atoms with Crippen LogP contribution in [-0.2, 0) is 4.79 Å². The number of amides is 1. The molecule has 3 N–H and O–H groups in total. The standard InChI is InChI=1S/C54H89NO3/c1-3-5-7-9-11-13-15-17-19-21-23-24-25-26-27-28-29-30-32-34-36-38-40-42-44-46-48-50-54(58)55-52(51-56)53(57)49-47-45-43-41-39-37-35-33-31-22-20-18-16-14-12-10-8-6-4-2/h5,7,11,13,17,19,23-24,26-27,29-30,34,36,39-42,47,49,52-53,56-57H,3-4,6,8-10,12,14-16,18,20-22,25,28,31-33,35,37-38,43-46,48,50-51H2,1-2H3,(H,55,58)/b7-5-,13-11-,19-17-,24-23-,27-26-,30-29-,36-34-,41-39+,42-40-,49-47+. The van der Waals surface area contributed by atoms with E-state index in [9.17, 15) is 15.0 Å². The highest BCUT2D eigenvalue weighted by Crippen LogP contribution is 2.13. The lowest BCUT2D eigenvalue weighted by molar-refractivity contribution is -0.123. The van der Waals surface area contributed by atoms with E-state index in [2.05, 4.69) is 129 Å². The van der Waals surface area contributed by atoms with Crippen LogP contribution in [0, 0.1) is 0 Å². The average molecular weight is 800 g/mol. The Morgan fingerprint density at radius 1 is 0.431 bits per heavy atom. The maximum absolute atomic E-state index is 12.4. The first-order chi connectivity index (χ1) is 28.7. The summed E-state index contributed by atoms with van der Waals surface area (Å²) in [4.78, 5) is 12.4. The number of aliphatic hydroxyl groups excluding tert-OH is 2. The molecule has 0 aromatic carbocycles. The number of aliphatic hydroxyl groups is 2. The molecule has 0 aliphatic carbocycles. The number of carbonyl (C=O) groups is 1. The predicted octanol–water partition coefficient (Wildman–Crippen LogP) is 15.3. The van der Waals surface area contributed by atoms with Gasteiger partial charge in [0, 0.05) is 6.42 Å². The van der Waals surface area contributed by atoms with Gasteiger partial charge in [-0.2, -0.15) is 0 Å². The number of nitrogens with one attached hydrogen (secondary N) is 1. The minimum absolute atomic E-state index is 0.121. The van der Waals surface area contributed by atoms with E-state index in [1.807, 2.05) is 6.08 Å². The second-order valence-electron chi connectivity index (χ2n) is 15.4. The summed E-state index contributed by atoms with van der Waals surface area (Å²) >= 11 is 0. The van der Waals surface area contributed by atoms with Gasteiger partial charge in [0.25, 0.3) is 0 Å². The molecular weight excluding hydrogens is 711 g/mol. The lowest BCUT2D eigenvalue weighted by Crippen LogP contribution is -2.45. The maximum Gasteiger partial charge on any atom is 0.220 e. The molecule has 0 rings (SSSR count). The van der Waals surface area contributed by atoms with Gasteiger partial charge in [0.2, 0.25) is 5.91 Å². The van der Waals surface area contributed by atoms with E-state index in [1.165, 1.54) is 83.5 Å². The van der Waals surface area contributed by atoms with Crippen molar-refractivity contribution in [1.29, 1.82) is 0 Å². The van der Waals surface area contributed by atoms with Gasteiger partial charge in [-0.05, 0) is 96.3 Å². The topological polar surface area (TPSA) is 69.6 Å². The van der Waals surface area contributed by atoms with Crippen molar-refractivity contribution in [3.8, 4) is 0 Å². The zero-order chi connectivity index (χ0) is 42.1. The number of carbonyl (C=O) groups excluding carboxylic acids is 1. The summed E-state index contributed by atoms with van der Waals surface area (Å²) in [6, 6.07) is -0.672. The molecule has 2 atom stereocenters. The third-order valence-electron chi connectivity index (χ3n) is 9.93. The maximum atomic E-state index is 12.4. The molecule has 0 aromatic heterocycles. The molecule has 4 nitrogen and oxygen atoms in total. The SMILES string of the molecule is CC/C=C\C/C=C\C/C=C\C/C=C\C/C=C\C/C=C\C/C=C\C/C=C\CCCCC(=O)NC(CO)C(O)/C=C/CC/C=C/CCCCCCCCCCCCCCC. The molecule has 0 aromatic rings. The van der Waals surface area contributed by atoms with Gasteiger partial charge in [-0.3, -0.25) is 4.79 Å². The molecule has 0 fully saturated rings. The van der Waals surface area contributed by atoms with Crippen LogP contribution in [0.25, 0.3) is 0 Å². The summed E-state index contributed by atoms with van der Waals surface area (Å²) < 4.78 is 0. The largest absolute Gasteiger partial charge is 0.394 e. The van der Waals surface area contributed by atoms with E-state index in [0.29, 0.717) is 6.42 Å². The second kappa shape index (κ2) is 48.2. The van der Waals surface area contributed by atoms with E-state index in [0.717, 1.165) is 89.9 Å². The summed E-state index contributed by atoms with van der Waals surface area (Å²) in [6.45, 7) is 4.15. The van der Waals surface area contributed by atoms with E-state index in [4.69, 9.17) is 0 Å². The Morgan fingerprint density at radius 2 is 0.776 bits per heavy atom. The molecular formula is C54H89NO3. The van der Waals surface area contributed by atoms with Crippen molar-refractivity contribution in [3.05, 3.63) is 122 Å². The highest BCUT2D eigenvalue weighted by molar-refractivity contribution is 5.76. The van der Waals surface area contributed by atoms with Crippen LogP contribution in [-0.4, -0.2) is 34.9 Å². The third kappa shape index (κ3) is 43.9. The summed E-state index contributed by atoms with van der Waals surface area (Å²) in [6.07, 6.45) is 74.6. The summed E-state index contributed by atoms with van der Waals surface area (Å²) in [7, 11) is 0. The Labute approximate surface area is 358 Å². The normalized spacial score (nSPS) is 14.1. The van der Waals surface area contributed by atoms with Crippen LogP contribution in [0.5, 0.6) is 0 Å². The van der Waals surface area contributed by atoms with Crippen LogP contribution in [0.15, 0.2) is 122 Å². The highest BCUT2D eigenvalue weighted by Gasteiger charge is 2.17. The Kier molecular flexibility index (Phi) is 45.5. The number of hydrogen-bond acceptors (Lipinski definition) is 3. The number of unbranched alkanes of at least 4 members (excludes halogenated alkanes) is 16. The van der Waals surface area contributed by atoms with Crippen molar-refractivity contribution in [2.24, 2.45) is 0 Å². The zero-order valence-electron chi connectivity index (χ0n) is 37.5. The molecule has 0 spiro atoms. The fraction of sp³-hybridized carbons (Fsp3) is 0.611. The predicted molar refractivity (Wildman–Crippen MR) is 257 cm³/mol. The van der Waals surface area contributed by atoms with Gasteiger partial charge in [0.15, 0.2) is 0 Å². The van der Waals surface area contributed by atoms with E-state index >= 15 is 0 Å². The van der Waals surface area contributed by atoms with Gasteiger partial charge in [-0.15, -0.1) is 0 Å². The lowest BCUT2D eigenvalue weighted by atomic mass is 10.0. The second-order valence-corrected chi connectivity index (χ2v) is 15.4. The molecule has 0 saturated carbocycles. The lowest BCUT2D eigenvalue weighted by Gasteiger charge is -2.19. The fourth-order valence-electron chi connectivity index (χ4n) is 6.33. The van der Waals surface area contributed by atoms with Crippen LogP contribution < -0.4 is 5.32 Å². The van der Waals surface area contributed by atoms with Crippen LogP contribution in [0.2, 0.25) is 0 Å². The van der Waals surface area contributed by atoms with E-state index in [1.54, 1.807) is 6.08 Å². The third-order valence-corrected chi connectivity index (χ3v) is 9.93. The Balaban J connectivity index is 3.77. The molecule has 0 radical (unpaired) electrons. The summed E-state index contributed by atoms with van der Waals surface area (Å²) in [5.41, 5.74) is 0. The van der Waals surface area contributed by atoms with Crippen molar-refractivity contribution in [2.75, 3.05) is 6.61 Å². The average Bonchev–Trinajstić information content (AvgIpc) is 3.23. The number of rotatable bonds is 41. The monoisotopic (exact) mass is 800 g/mol. The summed E-state index contributed by atoms with van der Waals surface area (Å²) in [5, 5.41) is 23.0. The molecule has 58 heavy (non-hydrogen) atoms. The van der Waals surface area contributed by atoms with Gasteiger partial charge >= 0.3 is 0 Å². The first-order valence-corrected chi connectivity index (χ1v) is 23.7. The van der Waals surface area contributed by atoms with Gasteiger partial charge < -0.3 is 15.5 Å². The Morgan fingerprint density at radius 3 is 1.21 bits per heavy atom. The van der Waals surface area contributed by atoms with Gasteiger partial charge in [-0.1, -0.05) is 212 Å². The summed E-state index contributed by atoms with van der Waals surface area (Å²) in [5.74, 6) is -0.121. The first-order valence-electron chi connectivity index (χ1n) is 23.7. The smallest absolute Gasteiger partial charge is 0.220 e. The van der Waals surface area contributed by atoms with Crippen molar-refractivity contribution >= 4 is 5.91 Å². The first kappa shape index (κ1) is 54.8. The minimum atomic E-state index is -0.890. The number of allylic oxidation sites excluding steroid dienone is 19. The fourth-order valence-corrected chi connectivity index (χ4v) is 6.33. The van der Waals surface area contributed by atoms with Gasteiger partial charge in [-0.25, -0.2) is 0 Å². The van der Waals surface area contributed by atoms with Crippen LogP contribution in [0.1, 0.15) is 194 Å². The van der Waals surface area contributed by atoms with Crippen LogP contribution in [0.4, 0.5) is 0 Å². The zero-order valence-corrected chi connectivity index (χ0v) is 37.5. The molecule has 0 heterocycles.